The van der Waals surface area contributed by atoms with Gasteiger partial charge in [-0.2, -0.15) is 0 Å². The van der Waals surface area contributed by atoms with E-state index in [0.29, 0.717) is 12.0 Å². The van der Waals surface area contributed by atoms with Crippen LogP contribution in [0.3, 0.4) is 0 Å². The molecule has 0 bridgehead atoms. The molecule has 1 aliphatic carbocycles. The predicted octanol–water partition coefficient (Wildman–Crippen LogP) is 0.376. The van der Waals surface area contributed by atoms with E-state index in [2.05, 4.69) is 30.7 Å². The second-order valence-corrected chi connectivity index (χ2v) is 7.03. The molecule has 4 nitrogen and oxygen atoms in total. The monoisotopic (exact) mass is 253 g/mol. The van der Waals surface area contributed by atoms with Gasteiger partial charge in [0.15, 0.2) is 0 Å². The number of nitrogens with zero attached hydrogens (tertiary/aromatic N) is 2. The minimum atomic E-state index is -0.0515. The van der Waals surface area contributed by atoms with Crippen LogP contribution in [0.4, 0.5) is 0 Å². The first-order chi connectivity index (χ1) is 8.45. The lowest BCUT2D eigenvalue weighted by atomic mass is 9.48. The van der Waals surface area contributed by atoms with E-state index < -0.39 is 0 Å². The Morgan fingerprint density at radius 1 is 1.22 bits per heavy atom. The average molecular weight is 253 g/mol. The van der Waals surface area contributed by atoms with Gasteiger partial charge in [0.25, 0.3) is 0 Å². The van der Waals surface area contributed by atoms with Crippen LogP contribution in [0, 0.1) is 11.3 Å². The minimum Gasteiger partial charge on any atom is -0.377 e. The SMILES string of the molecule is CN1CCN(CC2(N)C3CCOC3C2(C)C)CC1. The van der Waals surface area contributed by atoms with E-state index in [-0.39, 0.29) is 11.0 Å². The van der Waals surface area contributed by atoms with Crippen LogP contribution in [-0.2, 0) is 4.74 Å². The van der Waals surface area contributed by atoms with Gasteiger partial charge in [0.05, 0.1) is 6.10 Å². The average Bonchev–Trinajstić information content (AvgIpc) is 2.80. The zero-order valence-corrected chi connectivity index (χ0v) is 12.0. The van der Waals surface area contributed by atoms with E-state index in [1.165, 1.54) is 13.1 Å². The largest absolute Gasteiger partial charge is 0.377 e. The molecule has 4 heteroatoms. The molecule has 104 valence electrons. The van der Waals surface area contributed by atoms with Crippen LogP contribution in [0.25, 0.3) is 0 Å². The number of likely N-dealkylation sites (N-methyl/N-ethyl adjacent to an activating group) is 1. The van der Waals surface area contributed by atoms with Crippen LogP contribution in [0.5, 0.6) is 0 Å². The molecule has 3 aliphatic rings. The summed E-state index contributed by atoms with van der Waals surface area (Å²) in [6, 6.07) is 0. The first-order valence-electron chi connectivity index (χ1n) is 7.26. The van der Waals surface area contributed by atoms with Gasteiger partial charge in [-0.15, -0.1) is 0 Å². The molecule has 3 unspecified atom stereocenters. The zero-order valence-electron chi connectivity index (χ0n) is 12.0. The van der Waals surface area contributed by atoms with Crippen LogP contribution in [0.2, 0.25) is 0 Å². The molecule has 0 spiro atoms. The number of ether oxygens (including phenoxy) is 1. The number of nitrogens with two attached hydrogens (primary N) is 1. The van der Waals surface area contributed by atoms with Crippen molar-refractivity contribution < 1.29 is 4.74 Å². The van der Waals surface area contributed by atoms with Gasteiger partial charge in [0, 0.05) is 56.2 Å². The molecule has 3 rings (SSSR count). The Labute approximate surface area is 110 Å². The summed E-state index contributed by atoms with van der Waals surface area (Å²) in [4.78, 5) is 4.95. The van der Waals surface area contributed by atoms with Gasteiger partial charge in [-0.25, -0.2) is 0 Å². The highest BCUT2D eigenvalue weighted by Gasteiger charge is 2.67. The number of piperazine rings is 1. The van der Waals surface area contributed by atoms with Crippen molar-refractivity contribution in [3.05, 3.63) is 0 Å². The fourth-order valence-electron chi connectivity index (χ4n) is 4.17. The van der Waals surface area contributed by atoms with Crippen molar-refractivity contribution in [3.63, 3.8) is 0 Å². The molecule has 1 saturated carbocycles. The van der Waals surface area contributed by atoms with Crippen LogP contribution >= 0.6 is 0 Å². The third-order valence-electron chi connectivity index (χ3n) is 5.75. The fraction of sp³-hybridized carbons (Fsp3) is 1.00. The summed E-state index contributed by atoms with van der Waals surface area (Å²) in [5, 5.41) is 0. The summed E-state index contributed by atoms with van der Waals surface area (Å²) < 4.78 is 5.86. The maximum atomic E-state index is 6.80. The summed E-state index contributed by atoms with van der Waals surface area (Å²) in [6.45, 7) is 11.2. The molecule has 0 radical (unpaired) electrons. The van der Waals surface area contributed by atoms with Crippen molar-refractivity contribution in [1.82, 2.24) is 9.80 Å². The standard InChI is InChI=1S/C14H27N3O/c1-13(2)12-11(4-9-18-12)14(13,15)10-17-7-5-16(3)6-8-17/h11-12H,4-10,15H2,1-3H3. The third kappa shape index (κ3) is 1.66. The lowest BCUT2D eigenvalue weighted by molar-refractivity contribution is -0.164. The Balaban J connectivity index is 1.68. The number of fused-ring (bicyclic) bond motifs is 1. The zero-order chi connectivity index (χ0) is 13.0. The molecule has 2 heterocycles. The molecule has 0 aromatic heterocycles. The summed E-state index contributed by atoms with van der Waals surface area (Å²) >= 11 is 0. The smallest absolute Gasteiger partial charge is 0.0691 e. The fourth-order valence-corrected chi connectivity index (χ4v) is 4.17. The van der Waals surface area contributed by atoms with Crippen LogP contribution in [0.1, 0.15) is 20.3 Å². The first kappa shape index (κ1) is 12.9. The van der Waals surface area contributed by atoms with Gasteiger partial charge < -0.3 is 15.4 Å². The third-order valence-corrected chi connectivity index (χ3v) is 5.75. The number of hydrogen-bond donors (Lipinski definition) is 1. The van der Waals surface area contributed by atoms with Crippen molar-refractivity contribution >= 4 is 0 Å². The van der Waals surface area contributed by atoms with Crippen LogP contribution in [-0.4, -0.2) is 67.8 Å². The second-order valence-electron chi connectivity index (χ2n) is 7.03. The lowest BCUT2D eigenvalue weighted by Gasteiger charge is -2.63. The van der Waals surface area contributed by atoms with Gasteiger partial charge in [0.1, 0.15) is 0 Å². The van der Waals surface area contributed by atoms with Crippen molar-refractivity contribution in [2.24, 2.45) is 17.1 Å². The van der Waals surface area contributed by atoms with E-state index >= 15 is 0 Å². The topological polar surface area (TPSA) is 41.7 Å². The lowest BCUT2D eigenvalue weighted by Crippen LogP contribution is -2.78. The maximum Gasteiger partial charge on any atom is 0.0691 e. The van der Waals surface area contributed by atoms with E-state index in [1.54, 1.807) is 0 Å². The van der Waals surface area contributed by atoms with Gasteiger partial charge in [0.2, 0.25) is 0 Å². The molecule has 3 atom stereocenters. The molecule has 2 saturated heterocycles. The normalized spacial score (nSPS) is 44.7. The highest BCUT2D eigenvalue weighted by molar-refractivity contribution is 5.21. The maximum absolute atomic E-state index is 6.80. The van der Waals surface area contributed by atoms with Gasteiger partial charge in [-0.05, 0) is 13.5 Å². The van der Waals surface area contributed by atoms with Gasteiger partial charge in [-0.1, -0.05) is 13.8 Å². The van der Waals surface area contributed by atoms with Crippen molar-refractivity contribution in [2.75, 3.05) is 46.4 Å². The molecule has 3 fully saturated rings. The molecule has 0 amide bonds. The van der Waals surface area contributed by atoms with Crippen LogP contribution in [0.15, 0.2) is 0 Å². The van der Waals surface area contributed by atoms with E-state index in [1.807, 2.05) is 0 Å². The number of hydrogen-bond acceptors (Lipinski definition) is 4. The number of rotatable bonds is 2. The quantitative estimate of drug-likeness (QED) is 0.772. The summed E-state index contributed by atoms with van der Waals surface area (Å²) in [5.41, 5.74) is 6.87. The molecule has 2 aliphatic heterocycles. The summed E-state index contributed by atoms with van der Waals surface area (Å²) in [5.74, 6) is 0.576. The van der Waals surface area contributed by atoms with Crippen molar-refractivity contribution in [2.45, 2.75) is 31.9 Å². The van der Waals surface area contributed by atoms with E-state index in [0.717, 1.165) is 32.7 Å². The Bertz CT molecular complexity index is 325. The highest BCUT2D eigenvalue weighted by atomic mass is 16.5. The van der Waals surface area contributed by atoms with Crippen molar-refractivity contribution in [3.8, 4) is 0 Å². The van der Waals surface area contributed by atoms with Crippen molar-refractivity contribution in [1.29, 1.82) is 0 Å². The molecule has 0 aromatic rings. The minimum absolute atomic E-state index is 0.0515. The summed E-state index contributed by atoms with van der Waals surface area (Å²) in [7, 11) is 2.20. The Morgan fingerprint density at radius 2 is 1.89 bits per heavy atom. The highest BCUT2D eigenvalue weighted by Crippen LogP contribution is 2.58. The molecule has 2 N–H and O–H groups in total. The Morgan fingerprint density at radius 3 is 2.56 bits per heavy atom. The second kappa shape index (κ2) is 4.17. The van der Waals surface area contributed by atoms with E-state index in [9.17, 15) is 0 Å². The van der Waals surface area contributed by atoms with Gasteiger partial charge >= 0.3 is 0 Å². The Hall–Kier alpha value is -0.160. The molecule has 18 heavy (non-hydrogen) atoms. The van der Waals surface area contributed by atoms with Crippen LogP contribution < -0.4 is 5.73 Å². The van der Waals surface area contributed by atoms with E-state index in [4.69, 9.17) is 10.5 Å². The van der Waals surface area contributed by atoms with Gasteiger partial charge in [-0.3, -0.25) is 4.90 Å². The Kier molecular flexibility index (Phi) is 2.98. The molecular formula is C14H27N3O. The molecular weight excluding hydrogens is 226 g/mol. The molecule has 0 aromatic carbocycles. The first-order valence-corrected chi connectivity index (χ1v) is 7.26. The predicted molar refractivity (Wildman–Crippen MR) is 72.5 cm³/mol. The summed E-state index contributed by atoms with van der Waals surface area (Å²) in [6.07, 6.45) is 1.55.